The number of ether oxygens (including phenoxy) is 2. The van der Waals surface area contributed by atoms with Gasteiger partial charge in [-0.1, -0.05) is 66.7 Å². The summed E-state index contributed by atoms with van der Waals surface area (Å²) in [6.45, 7) is 0. The predicted molar refractivity (Wildman–Crippen MR) is 108 cm³/mol. The molecular formula is C24H20O2. The van der Waals surface area contributed by atoms with Gasteiger partial charge in [-0.15, -0.1) is 0 Å². The van der Waals surface area contributed by atoms with E-state index in [0.29, 0.717) is 0 Å². The summed E-state index contributed by atoms with van der Waals surface area (Å²) in [5.74, 6) is 1.76. The Morgan fingerprint density at radius 3 is 1.81 bits per heavy atom. The fourth-order valence-electron chi connectivity index (χ4n) is 3.33. The van der Waals surface area contributed by atoms with E-state index in [9.17, 15) is 0 Å². The molecule has 0 aliphatic carbocycles. The zero-order chi connectivity index (χ0) is 17.9. The third-order valence-electron chi connectivity index (χ3n) is 4.71. The fraction of sp³-hybridized carbons (Fsp3) is 0.0833. The van der Waals surface area contributed by atoms with Crippen LogP contribution in [0.2, 0.25) is 0 Å². The maximum absolute atomic E-state index is 5.63. The number of benzene rings is 4. The first-order chi connectivity index (χ1) is 12.8. The molecule has 0 aliphatic heterocycles. The van der Waals surface area contributed by atoms with E-state index in [1.54, 1.807) is 14.2 Å². The molecule has 2 nitrogen and oxygen atoms in total. The van der Waals surface area contributed by atoms with Crippen molar-refractivity contribution in [2.45, 2.75) is 0 Å². The minimum absolute atomic E-state index is 0.867. The molecule has 0 bridgehead atoms. The topological polar surface area (TPSA) is 18.5 Å². The molecule has 2 heteroatoms. The van der Waals surface area contributed by atoms with E-state index >= 15 is 0 Å². The third-order valence-corrected chi connectivity index (χ3v) is 4.71. The van der Waals surface area contributed by atoms with Crippen molar-refractivity contribution in [2.75, 3.05) is 14.2 Å². The van der Waals surface area contributed by atoms with Gasteiger partial charge in [0.05, 0.1) is 14.2 Å². The van der Waals surface area contributed by atoms with Crippen molar-refractivity contribution in [3.05, 3.63) is 84.9 Å². The highest BCUT2D eigenvalue weighted by molar-refractivity contribution is 6.00. The highest BCUT2D eigenvalue weighted by atomic mass is 16.5. The summed E-state index contributed by atoms with van der Waals surface area (Å²) < 4.78 is 10.9. The van der Waals surface area contributed by atoms with Crippen molar-refractivity contribution in [1.29, 1.82) is 0 Å². The molecule has 0 saturated heterocycles. The molecule has 0 radical (unpaired) electrons. The van der Waals surface area contributed by atoms with Crippen molar-refractivity contribution in [2.24, 2.45) is 0 Å². The van der Waals surface area contributed by atoms with E-state index < -0.39 is 0 Å². The number of fused-ring (bicyclic) bond motifs is 1. The molecule has 0 spiro atoms. The van der Waals surface area contributed by atoms with Crippen LogP contribution >= 0.6 is 0 Å². The van der Waals surface area contributed by atoms with Gasteiger partial charge in [0.15, 0.2) is 0 Å². The lowest BCUT2D eigenvalue weighted by atomic mass is 9.95. The van der Waals surface area contributed by atoms with Crippen molar-refractivity contribution in [3.63, 3.8) is 0 Å². The Morgan fingerprint density at radius 1 is 0.538 bits per heavy atom. The summed E-state index contributed by atoms with van der Waals surface area (Å²) >= 11 is 0. The standard InChI is InChI=1S/C24H20O2/c1-25-21-14-11-18(12-15-21)17-7-9-20(10-8-17)24-22-6-4-3-5-19(22)13-16-23(24)26-2/h3-16H,1-2H3. The van der Waals surface area contributed by atoms with Gasteiger partial charge in [0.1, 0.15) is 11.5 Å². The summed E-state index contributed by atoms with van der Waals surface area (Å²) in [4.78, 5) is 0. The second kappa shape index (κ2) is 6.93. The van der Waals surface area contributed by atoms with Crippen LogP contribution in [0.4, 0.5) is 0 Å². The van der Waals surface area contributed by atoms with Gasteiger partial charge in [0.25, 0.3) is 0 Å². The highest BCUT2D eigenvalue weighted by Crippen LogP contribution is 2.37. The van der Waals surface area contributed by atoms with E-state index in [-0.39, 0.29) is 0 Å². The van der Waals surface area contributed by atoms with Crippen LogP contribution in [0.1, 0.15) is 0 Å². The summed E-state index contributed by atoms with van der Waals surface area (Å²) in [7, 11) is 3.40. The second-order valence-electron chi connectivity index (χ2n) is 6.17. The first kappa shape index (κ1) is 16.2. The lowest BCUT2D eigenvalue weighted by Gasteiger charge is -2.13. The van der Waals surface area contributed by atoms with Crippen molar-refractivity contribution in [3.8, 4) is 33.8 Å². The zero-order valence-electron chi connectivity index (χ0n) is 14.9. The Balaban J connectivity index is 1.78. The molecule has 0 aromatic heterocycles. The summed E-state index contributed by atoms with van der Waals surface area (Å²) in [6.07, 6.45) is 0. The second-order valence-corrected chi connectivity index (χ2v) is 6.17. The molecule has 0 N–H and O–H groups in total. The lowest BCUT2D eigenvalue weighted by Crippen LogP contribution is -1.90. The first-order valence-corrected chi connectivity index (χ1v) is 8.61. The number of hydrogen-bond donors (Lipinski definition) is 0. The third kappa shape index (κ3) is 2.91. The number of hydrogen-bond acceptors (Lipinski definition) is 2. The van der Waals surface area contributed by atoms with Crippen LogP contribution in [0.3, 0.4) is 0 Å². The van der Waals surface area contributed by atoms with Crippen LogP contribution in [-0.2, 0) is 0 Å². The zero-order valence-corrected chi connectivity index (χ0v) is 14.9. The molecule has 4 aromatic rings. The normalized spacial score (nSPS) is 10.7. The monoisotopic (exact) mass is 340 g/mol. The van der Waals surface area contributed by atoms with E-state index in [1.807, 2.05) is 18.2 Å². The molecule has 0 heterocycles. The van der Waals surface area contributed by atoms with Gasteiger partial charge >= 0.3 is 0 Å². The Morgan fingerprint density at radius 2 is 1.15 bits per heavy atom. The van der Waals surface area contributed by atoms with Crippen molar-refractivity contribution in [1.82, 2.24) is 0 Å². The van der Waals surface area contributed by atoms with E-state index in [4.69, 9.17) is 9.47 Å². The maximum atomic E-state index is 5.63. The van der Waals surface area contributed by atoms with Gasteiger partial charge in [0.2, 0.25) is 0 Å². The quantitative estimate of drug-likeness (QED) is 0.441. The summed E-state index contributed by atoms with van der Waals surface area (Å²) in [5.41, 5.74) is 4.63. The van der Waals surface area contributed by atoms with Crippen LogP contribution in [0.25, 0.3) is 33.0 Å². The average Bonchev–Trinajstić information content (AvgIpc) is 2.73. The number of methoxy groups -OCH3 is 2. The number of rotatable bonds is 4. The molecule has 0 unspecified atom stereocenters. The SMILES string of the molecule is COc1ccc(-c2ccc(-c3c(OC)ccc4ccccc34)cc2)cc1. The maximum Gasteiger partial charge on any atom is 0.127 e. The Labute approximate surface area is 153 Å². The predicted octanol–water partition coefficient (Wildman–Crippen LogP) is 6.19. The smallest absolute Gasteiger partial charge is 0.127 e. The van der Waals surface area contributed by atoms with E-state index in [2.05, 4.69) is 66.7 Å². The van der Waals surface area contributed by atoms with Gasteiger partial charge < -0.3 is 9.47 Å². The molecule has 4 aromatic carbocycles. The Hall–Kier alpha value is -3.26. The summed E-state index contributed by atoms with van der Waals surface area (Å²) in [6, 6.07) is 29.3. The molecule has 0 amide bonds. The molecule has 26 heavy (non-hydrogen) atoms. The average molecular weight is 340 g/mol. The largest absolute Gasteiger partial charge is 0.497 e. The van der Waals surface area contributed by atoms with Crippen LogP contribution < -0.4 is 9.47 Å². The summed E-state index contributed by atoms with van der Waals surface area (Å²) in [5, 5.41) is 2.41. The van der Waals surface area contributed by atoms with E-state index in [0.717, 1.165) is 22.6 Å². The molecule has 128 valence electrons. The minimum atomic E-state index is 0.867. The van der Waals surface area contributed by atoms with Crippen LogP contribution in [0.15, 0.2) is 84.9 Å². The Bertz CT molecular complexity index is 1030. The molecule has 0 saturated carbocycles. The van der Waals surface area contributed by atoms with Crippen molar-refractivity contribution < 1.29 is 9.47 Å². The minimum Gasteiger partial charge on any atom is -0.497 e. The molecule has 4 rings (SSSR count). The highest BCUT2D eigenvalue weighted by Gasteiger charge is 2.11. The molecule has 0 aliphatic rings. The van der Waals surface area contributed by atoms with E-state index in [1.165, 1.54) is 21.9 Å². The van der Waals surface area contributed by atoms with Crippen LogP contribution in [0, 0.1) is 0 Å². The van der Waals surface area contributed by atoms with Gasteiger partial charge in [-0.05, 0) is 45.7 Å². The van der Waals surface area contributed by atoms with Gasteiger partial charge in [-0.2, -0.15) is 0 Å². The van der Waals surface area contributed by atoms with Gasteiger partial charge in [-0.25, -0.2) is 0 Å². The molecule has 0 fully saturated rings. The van der Waals surface area contributed by atoms with Gasteiger partial charge in [0, 0.05) is 5.56 Å². The first-order valence-electron chi connectivity index (χ1n) is 8.61. The Kier molecular flexibility index (Phi) is 4.32. The van der Waals surface area contributed by atoms with Gasteiger partial charge in [-0.3, -0.25) is 0 Å². The van der Waals surface area contributed by atoms with Crippen molar-refractivity contribution >= 4 is 10.8 Å². The molecular weight excluding hydrogens is 320 g/mol. The van der Waals surface area contributed by atoms with Crippen LogP contribution in [-0.4, -0.2) is 14.2 Å². The van der Waals surface area contributed by atoms with Crippen LogP contribution in [0.5, 0.6) is 11.5 Å². The fourth-order valence-corrected chi connectivity index (χ4v) is 3.33. The molecule has 0 atom stereocenters. The lowest BCUT2D eigenvalue weighted by molar-refractivity contribution is 0.415.